The van der Waals surface area contributed by atoms with Crippen molar-refractivity contribution in [3.63, 3.8) is 0 Å². The molecule has 0 saturated heterocycles. The lowest BCUT2D eigenvalue weighted by molar-refractivity contribution is 0.452. The standard InChI is InChI=1S/C11H13ClFNO/c1-7(12)6-14-8(2)10-5-9(13)3-4-11(10)15/h3-5,8,14-15H,1,6H2,2H3. The Balaban J connectivity index is 2.76. The van der Waals surface area contributed by atoms with E-state index in [-0.39, 0.29) is 17.6 Å². The third kappa shape index (κ3) is 3.53. The molecule has 0 heterocycles. The topological polar surface area (TPSA) is 32.3 Å². The number of aromatic hydroxyl groups is 1. The lowest BCUT2D eigenvalue weighted by Crippen LogP contribution is -2.20. The lowest BCUT2D eigenvalue weighted by atomic mass is 10.1. The lowest BCUT2D eigenvalue weighted by Gasteiger charge is -2.15. The van der Waals surface area contributed by atoms with Crippen molar-refractivity contribution < 1.29 is 9.50 Å². The number of benzene rings is 1. The first-order valence-electron chi connectivity index (χ1n) is 4.55. The highest BCUT2D eigenvalue weighted by Gasteiger charge is 2.10. The third-order valence-electron chi connectivity index (χ3n) is 2.06. The molecule has 0 amide bonds. The minimum Gasteiger partial charge on any atom is -0.508 e. The minimum atomic E-state index is -0.374. The Hall–Kier alpha value is -1.06. The summed E-state index contributed by atoms with van der Waals surface area (Å²) >= 11 is 5.59. The largest absolute Gasteiger partial charge is 0.508 e. The maximum atomic E-state index is 12.9. The first-order chi connectivity index (χ1) is 7.00. The molecule has 0 aliphatic rings. The predicted molar refractivity (Wildman–Crippen MR) is 59.5 cm³/mol. The number of nitrogens with one attached hydrogen (secondary N) is 1. The summed E-state index contributed by atoms with van der Waals surface area (Å²) in [6, 6.07) is 3.66. The quantitative estimate of drug-likeness (QED) is 0.832. The molecule has 0 radical (unpaired) electrons. The van der Waals surface area contributed by atoms with Gasteiger partial charge in [0.15, 0.2) is 0 Å². The van der Waals surface area contributed by atoms with Crippen LogP contribution in [-0.4, -0.2) is 11.7 Å². The number of hydrogen-bond acceptors (Lipinski definition) is 2. The van der Waals surface area contributed by atoms with Crippen molar-refractivity contribution >= 4 is 11.6 Å². The van der Waals surface area contributed by atoms with Crippen LogP contribution in [0.25, 0.3) is 0 Å². The number of phenols is 1. The Morgan fingerprint density at radius 2 is 2.33 bits per heavy atom. The van der Waals surface area contributed by atoms with Crippen LogP contribution in [0.1, 0.15) is 18.5 Å². The fourth-order valence-corrected chi connectivity index (χ4v) is 1.32. The zero-order valence-corrected chi connectivity index (χ0v) is 9.18. The second kappa shape index (κ2) is 5.14. The van der Waals surface area contributed by atoms with Gasteiger partial charge in [0.05, 0.1) is 0 Å². The van der Waals surface area contributed by atoms with Gasteiger partial charge in [-0.2, -0.15) is 0 Å². The van der Waals surface area contributed by atoms with Gasteiger partial charge in [0, 0.05) is 23.2 Å². The predicted octanol–water partition coefficient (Wildman–Crippen LogP) is 2.93. The molecule has 82 valence electrons. The van der Waals surface area contributed by atoms with Crippen molar-refractivity contribution in [2.24, 2.45) is 0 Å². The molecule has 0 saturated carbocycles. The van der Waals surface area contributed by atoms with Crippen molar-refractivity contribution in [3.05, 3.63) is 41.2 Å². The monoisotopic (exact) mass is 229 g/mol. The van der Waals surface area contributed by atoms with Gasteiger partial charge in [0.1, 0.15) is 11.6 Å². The summed E-state index contributed by atoms with van der Waals surface area (Å²) in [6.45, 7) is 5.76. The number of halogens is 2. The van der Waals surface area contributed by atoms with Crippen molar-refractivity contribution in [1.82, 2.24) is 5.32 Å². The van der Waals surface area contributed by atoms with Crippen LogP contribution in [0.2, 0.25) is 0 Å². The van der Waals surface area contributed by atoms with E-state index in [4.69, 9.17) is 11.6 Å². The van der Waals surface area contributed by atoms with E-state index in [1.165, 1.54) is 18.2 Å². The molecule has 1 aromatic carbocycles. The minimum absolute atomic E-state index is 0.0663. The van der Waals surface area contributed by atoms with Crippen LogP contribution in [-0.2, 0) is 0 Å². The molecule has 1 rings (SSSR count). The molecule has 0 bridgehead atoms. The Kier molecular flexibility index (Phi) is 4.12. The molecule has 0 aromatic heterocycles. The van der Waals surface area contributed by atoms with E-state index < -0.39 is 0 Å². The van der Waals surface area contributed by atoms with E-state index in [2.05, 4.69) is 11.9 Å². The highest BCUT2D eigenvalue weighted by Crippen LogP contribution is 2.24. The van der Waals surface area contributed by atoms with Gasteiger partial charge in [-0.05, 0) is 25.1 Å². The first kappa shape index (κ1) is 12.0. The molecule has 1 atom stereocenters. The molecule has 4 heteroatoms. The molecule has 1 unspecified atom stereocenters. The molecule has 0 spiro atoms. The average molecular weight is 230 g/mol. The first-order valence-corrected chi connectivity index (χ1v) is 4.93. The summed E-state index contributed by atoms with van der Waals surface area (Å²) in [5.41, 5.74) is 0.507. The van der Waals surface area contributed by atoms with Crippen LogP contribution >= 0.6 is 11.6 Å². The molecule has 2 N–H and O–H groups in total. The van der Waals surface area contributed by atoms with Gasteiger partial charge in [0.25, 0.3) is 0 Å². The van der Waals surface area contributed by atoms with Crippen LogP contribution in [0.15, 0.2) is 29.8 Å². The Morgan fingerprint density at radius 3 is 2.93 bits per heavy atom. The summed E-state index contributed by atoms with van der Waals surface area (Å²) in [5, 5.41) is 13.0. The highest BCUT2D eigenvalue weighted by atomic mass is 35.5. The zero-order chi connectivity index (χ0) is 11.4. The molecular formula is C11H13ClFNO. The summed E-state index contributed by atoms with van der Waals surface area (Å²) in [5.74, 6) is -0.308. The summed E-state index contributed by atoms with van der Waals surface area (Å²) in [4.78, 5) is 0. The van der Waals surface area contributed by atoms with E-state index in [1.54, 1.807) is 0 Å². The van der Waals surface area contributed by atoms with Crippen LogP contribution < -0.4 is 5.32 Å². The van der Waals surface area contributed by atoms with E-state index in [1.807, 2.05) is 6.92 Å². The SMILES string of the molecule is C=C(Cl)CNC(C)c1cc(F)ccc1O. The van der Waals surface area contributed by atoms with Crippen molar-refractivity contribution in [2.45, 2.75) is 13.0 Å². The zero-order valence-electron chi connectivity index (χ0n) is 8.43. The maximum absolute atomic E-state index is 12.9. The van der Waals surface area contributed by atoms with E-state index in [0.29, 0.717) is 17.1 Å². The second-order valence-electron chi connectivity index (χ2n) is 3.32. The van der Waals surface area contributed by atoms with Crippen molar-refractivity contribution in [1.29, 1.82) is 0 Å². The van der Waals surface area contributed by atoms with Gasteiger partial charge in [-0.3, -0.25) is 0 Å². The summed E-state index contributed by atoms with van der Waals surface area (Å²) in [7, 11) is 0. The Morgan fingerprint density at radius 1 is 1.67 bits per heavy atom. The van der Waals surface area contributed by atoms with E-state index in [0.717, 1.165) is 0 Å². The van der Waals surface area contributed by atoms with Crippen LogP contribution in [0.3, 0.4) is 0 Å². The van der Waals surface area contributed by atoms with Gasteiger partial charge in [-0.15, -0.1) is 0 Å². The number of phenolic OH excluding ortho intramolecular Hbond substituents is 1. The van der Waals surface area contributed by atoms with Crippen molar-refractivity contribution in [3.8, 4) is 5.75 Å². The van der Waals surface area contributed by atoms with Crippen LogP contribution in [0.4, 0.5) is 4.39 Å². The average Bonchev–Trinajstić information content (AvgIpc) is 2.18. The smallest absolute Gasteiger partial charge is 0.123 e. The molecule has 0 aliphatic heterocycles. The van der Waals surface area contributed by atoms with E-state index >= 15 is 0 Å². The normalized spacial score (nSPS) is 12.5. The maximum Gasteiger partial charge on any atom is 0.123 e. The molecule has 1 aromatic rings. The van der Waals surface area contributed by atoms with Gasteiger partial charge >= 0.3 is 0 Å². The second-order valence-corrected chi connectivity index (χ2v) is 3.86. The number of hydrogen-bond donors (Lipinski definition) is 2. The molecule has 0 fully saturated rings. The molecular weight excluding hydrogens is 217 g/mol. The highest BCUT2D eigenvalue weighted by molar-refractivity contribution is 6.29. The van der Waals surface area contributed by atoms with Crippen LogP contribution in [0.5, 0.6) is 5.75 Å². The molecule has 0 aliphatic carbocycles. The van der Waals surface area contributed by atoms with Gasteiger partial charge in [-0.25, -0.2) is 4.39 Å². The third-order valence-corrected chi connectivity index (χ3v) is 2.19. The van der Waals surface area contributed by atoms with Gasteiger partial charge < -0.3 is 10.4 Å². The summed E-state index contributed by atoms with van der Waals surface area (Å²) < 4.78 is 12.9. The Labute approximate surface area is 93.4 Å². The van der Waals surface area contributed by atoms with E-state index in [9.17, 15) is 9.50 Å². The van der Waals surface area contributed by atoms with Crippen molar-refractivity contribution in [2.75, 3.05) is 6.54 Å². The summed E-state index contributed by atoms with van der Waals surface area (Å²) in [6.07, 6.45) is 0. The molecule has 15 heavy (non-hydrogen) atoms. The molecule has 2 nitrogen and oxygen atoms in total. The fourth-order valence-electron chi connectivity index (χ4n) is 1.25. The van der Waals surface area contributed by atoms with Gasteiger partial charge in [0.2, 0.25) is 0 Å². The van der Waals surface area contributed by atoms with Crippen LogP contribution in [0, 0.1) is 5.82 Å². The van der Waals surface area contributed by atoms with Gasteiger partial charge in [-0.1, -0.05) is 18.2 Å². The fraction of sp³-hybridized carbons (Fsp3) is 0.273. The number of rotatable bonds is 4. The Bertz CT molecular complexity index is 368.